The molecule has 2 aromatic carbocycles. The molecule has 3 rings (SSSR count). The molecule has 0 aliphatic heterocycles. The van der Waals surface area contributed by atoms with Crippen molar-refractivity contribution >= 4 is 43.3 Å². The van der Waals surface area contributed by atoms with E-state index in [1.54, 1.807) is 0 Å². The second-order valence-electron chi connectivity index (χ2n) is 4.76. The fourth-order valence-electron chi connectivity index (χ4n) is 2.12. The molecule has 0 atom stereocenters. The quantitative estimate of drug-likeness (QED) is 0.616. The van der Waals surface area contributed by atoms with Gasteiger partial charge in [0.15, 0.2) is 17.5 Å². The summed E-state index contributed by atoms with van der Waals surface area (Å²) in [4.78, 5) is 12.7. The van der Waals surface area contributed by atoms with E-state index in [1.165, 1.54) is 11.3 Å². The van der Waals surface area contributed by atoms with Crippen LogP contribution in [0.4, 0.5) is 13.2 Å². The van der Waals surface area contributed by atoms with Gasteiger partial charge < -0.3 is 5.32 Å². The summed E-state index contributed by atoms with van der Waals surface area (Å²) in [5.41, 5.74) is -0.116. The highest BCUT2D eigenvalue weighted by molar-refractivity contribution is 9.10. The summed E-state index contributed by atoms with van der Waals surface area (Å²) in [6, 6.07) is 9.42. The van der Waals surface area contributed by atoms with Crippen molar-refractivity contribution in [3.05, 3.63) is 68.8 Å². The van der Waals surface area contributed by atoms with Gasteiger partial charge in [-0.2, -0.15) is 0 Å². The number of nitrogens with one attached hydrogen (secondary N) is 1. The Morgan fingerprint density at radius 3 is 2.57 bits per heavy atom. The molecule has 3 aromatic rings. The summed E-state index contributed by atoms with van der Waals surface area (Å²) < 4.78 is 41.2. The van der Waals surface area contributed by atoms with E-state index in [0.717, 1.165) is 22.2 Å². The average Bonchev–Trinajstić information content (AvgIpc) is 2.89. The van der Waals surface area contributed by atoms with Gasteiger partial charge in [-0.25, -0.2) is 13.2 Å². The highest BCUT2D eigenvalue weighted by atomic mass is 79.9. The van der Waals surface area contributed by atoms with Crippen LogP contribution in [0.2, 0.25) is 0 Å². The number of hydrogen-bond acceptors (Lipinski definition) is 2. The van der Waals surface area contributed by atoms with Gasteiger partial charge in [0.1, 0.15) is 4.88 Å². The van der Waals surface area contributed by atoms with Crippen LogP contribution in [0.25, 0.3) is 10.1 Å². The lowest BCUT2D eigenvalue weighted by atomic mass is 10.2. The second kappa shape index (κ2) is 6.33. The number of rotatable bonds is 3. The van der Waals surface area contributed by atoms with E-state index in [9.17, 15) is 18.0 Å². The second-order valence-corrected chi connectivity index (χ2v) is 6.60. The predicted molar refractivity (Wildman–Crippen MR) is 87.0 cm³/mol. The molecule has 0 saturated carbocycles. The highest BCUT2D eigenvalue weighted by Crippen LogP contribution is 2.35. The summed E-state index contributed by atoms with van der Waals surface area (Å²) in [7, 11) is 0. The first kappa shape index (κ1) is 16.0. The topological polar surface area (TPSA) is 29.1 Å². The van der Waals surface area contributed by atoms with Gasteiger partial charge in [0.2, 0.25) is 0 Å². The maximum Gasteiger partial charge on any atom is 0.262 e. The number of benzene rings is 2. The maximum absolute atomic E-state index is 13.6. The van der Waals surface area contributed by atoms with Gasteiger partial charge in [0.25, 0.3) is 5.91 Å². The zero-order valence-corrected chi connectivity index (χ0v) is 13.9. The zero-order chi connectivity index (χ0) is 16.6. The third-order valence-corrected chi connectivity index (χ3v) is 5.55. The van der Waals surface area contributed by atoms with Crippen molar-refractivity contribution < 1.29 is 18.0 Å². The Morgan fingerprint density at radius 1 is 1.09 bits per heavy atom. The molecule has 1 aromatic heterocycles. The van der Waals surface area contributed by atoms with Gasteiger partial charge in [0.05, 0.1) is 0 Å². The molecule has 0 aliphatic carbocycles. The van der Waals surface area contributed by atoms with E-state index in [1.807, 2.05) is 24.3 Å². The van der Waals surface area contributed by atoms with Crippen LogP contribution in [-0.4, -0.2) is 5.91 Å². The molecule has 0 spiro atoms. The smallest absolute Gasteiger partial charge is 0.262 e. The SMILES string of the molecule is O=C(NCc1ccc(F)c(F)c1F)c1sc2ccccc2c1Br. The predicted octanol–water partition coefficient (Wildman–Crippen LogP) is 5.01. The molecule has 0 fully saturated rings. The first-order valence-corrected chi connectivity index (χ1v) is 8.17. The molecular weight excluding hydrogens is 391 g/mol. The molecule has 1 N–H and O–H groups in total. The summed E-state index contributed by atoms with van der Waals surface area (Å²) >= 11 is 4.67. The lowest BCUT2D eigenvalue weighted by Gasteiger charge is -2.06. The molecule has 1 heterocycles. The first-order chi connectivity index (χ1) is 11.0. The Bertz CT molecular complexity index is 910. The summed E-state index contributed by atoms with van der Waals surface area (Å²) in [5.74, 6) is -4.51. The van der Waals surface area contributed by atoms with Crippen LogP contribution in [0, 0.1) is 17.5 Å². The fourth-order valence-corrected chi connectivity index (χ4v) is 4.03. The van der Waals surface area contributed by atoms with E-state index in [0.29, 0.717) is 9.35 Å². The first-order valence-electron chi connectivity index (χ1n) is 6.56. The molecule has 7 heteroatoms. The van der Waals surface area contributed by atoms with Crippen molar-refractivity contribution in [2.75, 3.05) is 0 Å². The lowest BCUT2D eigenvalue weighted by molar-refractivity contribution is 0.0954. The van der Waals surface area contributed by atoms with Crippen LogP contribution < -0.4 is 5.32 Å². The van der Waals surface area contributed by atoms with Gasteiger partial charge in [0, 0.05) is 26.7 Å². The van der Waals surface area contributed by atoms with Gasteiger partial charge in [-0.05, 0) is 28.1 Å². The average molecular weight is 400 g/mol. The molecule has 0 bridgehead atoms. The van der Waals surface area contributed by atoms with Crippen molar-refractivity contribution in [3.8, 4) is 0 Å². The van der Waals surface area contributed by atoms with Crippen molar-refractivity contribution in [3.63, 3.8) is 0 Å². The number of fused-ring (bicyclic) bond motifs is 1. The van der Waals surface area contributed by atoms with Gasteiger partial charge >= 0.3 is 0 Å². The van der Waals surface area contributed by atoms with E-state index < -0.39 is 23.4 Å². The van der Waals surface area contributed by atoms with Crippen molar-refractivity contribution in [2.24, 2.45) is 0 Å². The molecule has 0 unspecified atom stereocenters. The highest BCUT2D eigenvalue weighted by Gasteiger charge is 2.18. The van der Waals surface area contributed by atoms with E-state index in [-0.39, 0.29) is 12.1 Å². The molecule has 1 amide bonds. The van der Waals surface area contributed by atoms with E-state index in [2.05, 4.69) is 21.2 Å². The largest absolute Gasteiger partial charge is 0.347 e. The third-order valence-electron chi connectivity index (χ3n) is 3.30. The molecule has 2 nitrogen and oxygen atoms in total. The minimum absolute atomic E-state index is 0.116. The van der Waals surface area contributed by atoms with Crippen molar-refractivity contribution in [1.82, 2.24) is 5.32 Å². The third kappa shape index (κ3) is 2.98. The zero-order valence-electron chi connectivity index (χ0n) is 11.5. The van der Waals surface area contributed by atoms with Crippen LogP contribution in [0.5, 0.6) is 0 Å². The maximum atomic E-state index is 13.6. The van der Waals surface area contributed by atoms with Gasteiger partial charge in [-0.3, -0.25) is 4.79 Å². The molecule has 23 heavy (non-hydrogen) atoms. The molecule has 0 aliphatic rings. The number of carbonyl (C=O) groups is 1. The number of thiophene rings is 1. The summed E-state index contributed by atoms with van der Waals surface area (Å²) in [5, 5.41) is 3.42. The lowest BCUT2D eigenvalue weighted by Crippen LogP contribution is -2.23. The minimum atomic E-state index is -1.54. The molecule has 0 radical (unpaired) electrons. The van der Waals surface area contributed by atoms with Crippen LogP contribution in [0.1, 0.15) is 15.2 Å². The normalized spacial score (nSPS) is 11.0. The van der Waals surface area contributed by atoms with Crippen molar-refractivity contribution in [2.45, 2.75) is 6.54 Å². The van der Waals surface area contributed by atoms with E-state index in [4.69, 9.17) is 0 Å². The van der Waals surface area contributed by atoms with Gasteiger partial charge in [-0.1, -0.05) is 24.3 Å². The summed E-state index contributed by atoms with van der Waals surface area (Å²) in [6.07, 6.45) is 0. The Labute approximate surface area is 142 Å². The fraction of sp³-hybridized carbons (Fsp3) is 0.0625. The molecule has 0 saturated heterocycles. The van der Waals surface area contributed by atoms with E-state index >= 15 is 0 Å². The Hall–Kier alpha value is -1.86. The minimum Gasteiger partial charge on any atom is -0.347 e. The van der Waals surface area contributed by atoms with Crippen LogP contribution in [0.15, 0.2) is 40.9 Å². The molecular formula is C16H9BrF3NOS. The Balaban J connectivity index is 1.82. The Morgan fingerprint density at radius 2 is 1.83 bits per heavy atom. The number of hydrogen-bond donors (Lipinski definition) is 1. The number of halogens is 4. The molecule has 118 valence electrons. The summed E-state index contributed by atoms with van der Waals surface area (Å²) in [6.45, 7) is -0.234. The van der Waals surface area contributed by atoms with Gasteiger partial charge in [-0.15, -0.1) is 11.3 Å². The standard InChI is InChI=1S/C16H9BrF3NOS/c17-12-9-3-1-2-4-11(9)23-15(12)16(22)21-7-8-5-6-10(18)14(20)13(8)19/h1-6H,7H2,(H,21,22). The number of carbonyl (C=O) groups excluding carboxylic acids is 1. The Kier molecular flexibility index (Phi) is 4.41. The van der Waals surface area contributed by atoms with Crippen LogP contribution in [0.3, 0.4) is 0 Å². The monoisotopic (exact) mass is 399 g/mol. The van der Waals surface area contributed by atoms with Crippen LogP contribution in [-0.2, 0) is 6.54 Å². The number of amides is 1. The van der Waals surface area contributed by atoms with Crippen molar-refractivity contribution in [1.29, 1.82) is 0 Å². The van der Waals surface area contributed by atoms with Crippen LogP contribution >= 0.6 is 27.3 Å².